The van der Waals surface area contributed by atoms with Crippen LogP contribution in [-0.2, 0) is 6.54 Å². The van der Waals surface area contributed by atoms with Crippen LogP contribution in [0.5, 0.6) is 0 Å². The summed E-state index contributed by atoms with van der Waals surface area (Å²) >= 11 is 0. The van der Waals surface area contributed by atoms with Gasteiger partial charge < -0.3 is 9.88 Å². The van der Waals surface area contributed by atoms with Crippen LogP contribution < -0.4 is 5.32 Å². The van der Waals surface area contributed by atoms with Gasteiger partial charge in [0.15, 0.2) is 0 Å². The standard InChI is InChI=1S/C17H25N3/c1-5-18-17(12-20-11-10-19-14(20)4)16-8-6-15(7-9-16)13(2)3/h6-11,13,17-18H,5,12H2,1-4H3. The molecule has 0 saturated heterocycles. The van der Waals surface area contributed by atoms with Gasteiger partial charge in [-0.1, -0.05) is 45.0 Å². The smallest absolute Gasteiger partial charge is 0.105 e. The van der Waals surface area contributed by atoms with Crippen LogP contribution in [0, 0.1) is 6.92 Å². The number of aryl methyl sites for hydroxylation is 1. The molecule has 0 bridgehead atoms. The maximum absolute atomic E-state index is 4.30. The molecule has 0 radical (unpaired) electrons. The summed E-state index contributed by atoms with van der Waals surface area (Å²) in [5.41, 5.74) is 2.73. The van der Waals surface area contributed by atoms with Gasteiger partial charge in [0.25, 0.3) is 0 Å². The Hall–Kier alpha value is -1.61. The van der Waals surface area contributed by atoms with Gasteiger partial charge in [0.2, 0.25) is 0 Å². The van der Waals surface area contributed by atoms with Gasteiger partial charge in [-0.2, -0.15) is 0 Å². The first-order valence-electron chi connectivity index (χ1n) is 7.42. The molecule has 2 rings (SSSR count). The normalized spacial score (nSPS) is 12.8. The van der Waals surface area contributed by atoms with Gasteiger partial charge in [-0.05, 0) is 30.5 Å². The third-order valence-electron chi connectivity index (χ3n) is 3.76. The molecular formula is C17H25N3. The van der Waals surface area contributed by atoms with E-state index in [9.17, 15) is 0 Å². The number of rotatable bonds is 6. The van der Waals surface area contributed by atoms with Crippen molar-refractivity contribution in [2.45, 2.75) is 46.2 Å². The van der Waals surface area contributed by atoms with Gasteiger partial charge in [-0.3, -0.25) is 0 Å². The zero-order chi connectivity index (χ0) is 14.5. The Balaban J connectivity index is 2.17. The van der Waals surface area contributed by atoms with Crippen LogP contribution in [0.4, 0.5) is 0 Å². The lowest BCUT2D eigenvalue weighted by molar-refractivity contribution is 0.469. The second kappa shape index (κ2) is 6.71. The molecular weight excluding hydrogens is 246 g/mol. The lowest BCUT2D eigenvalue weighted by Crippen LogP contribution is -2.25. The molecule has 0 aliphatic rings. The van der Waals surface area contributed by atoms with Crippen molar-refractivity contribution in [1.29, 1.82) is 0 Å². The first-order chi connectivity index (χ1) is 9.61. The highest BCUT2D eigenvalue weighted by atomic mass is 15.1. The van der Waals surface area contributed by atoms with E-state index >= 15 is 0 Å². The third kappa shape index (κ3) is 3.48. The summed E-state index contributed by atoms with van der Waals surface area (Å²) in [4.78, 5) is 4.30. The van der Waals surface area contributed by atoms with Crippen LogP contribution in [-0.4, -0.2) is 16.1 Å². The van der Waals surface area contributed by atoms with Crippen LogP contribution in [0.15, 0.2) is 36.7 Å². The highest BCUT2D eigenvalue weighted by Gasteiger charge is 2.12. The molecule has 3 heteroatoms. The van der Waals surface area contributed by atoms with E-state index in [1.807, 2.05) is 19.3 Å². The second-order valence-corrected chi connectivity index (χ2v) is 5.56. The van der Waals surface area contributed by atoms with E-state index < -0.39 is 0 Å². The average Bonchev–Trinajstić information content (AvgIpc) is 2.84. The molecule has 1 N–H and O–H groups in total. The predicted octanol–water partition coefficient (Wildman–Crippen LogP) is 3.67. The Kier molecular flexibility index (Phi) is 4.96. The van der Waals surface area contributed by atoms with Crippen molar-refractivity contribution in [3.63, 3.8) is 0 Å². The van der Waals surface area contributed by atoms with E-state index in [0.717, 1.165) is 18.9 Å². The van der Waals surface area contributed by atoms with E-state index in [-0.39, 0.29) is 0 Å². The Morgan fingerprint density at radius 3 is 2.30 bits per heavy atom. The minimum absolute atomic E-state index is 0.328. The maximum atomic E-state index is 4.30. The number of imidazole rings is 1. The molecule has 3 nitrogen and oxygen atoms in total. The molecule has 0 amide bonds. The Morgan fingerprint density at radius 2 is 1.80 bits per heavy atom. The fourth-order valence-electron chi connectivity index (χ4n) is 2.44. The molecule has 2 aromatic rings. The first-order valence-corrected chi connectivity index (χ1v) is 7.42. The van der Waals surface area contributed by atoms with Gasteiger partial charge in [0.1, 0.15) is 5.82 Å². The van der Waals surface area contributed by atoms with E-state index in [0.29, 0.717) is 12.0 Å². The Bertz CT molecular complexity index is 525. The van der Waals surface area contributed by atoms with Crippen LogP contribution in [0.2, 0.25) is 0 Å². The highest BCUT2D eigenvalue weighted by molar-refractivity contribution is 5.27. The molecule has 108 valence electrons. The first kappa shape index (κ1) is 14.8. The molecule has 1 unspecified atom stereocenters. The number of hydrogen-bond donors (Lipinski definition) is 1. The number of hydrogen-bond acceptors (Lipinski definition) is 2. The largest absolute Gasteiger partial charge is 0.333 e. The molecule has 1 heterocycles. The van der Waals surface area contributed by atoms with Gasteiger partial charge in [-0.25, -0.2) is 4.98 Å². The number of benzene rings is 1. The van der Waals surface area contributed by atoms with Gasteiger partial charge in [-0.15, -0.1) is 0 Å². The zero-order valence-corrected chi connectivity index (χ0v) is 12.9. The fraction of sp³-hybridized carbons (Fsp3) is 0.471. The lowest BCUT2D eigenvalue weighted by Gasteiger charge is -2.20. The van der Waals surface area contributed by atoms with Crippen molar-refractivity contribution in [3.8, 4) is 0 Å². The van der Waals surface area contributed by atoms with Gasteiger partial charge in [0, 0.05) is 18.9 Å². The summed E-state index contributed by atoms with van der Waals surface area (Å²) in [5, 5.41) is 3.56. The lowest BCUT2D eigenvalue weighted by atomic mass is 9.99. The third-order valence-corrected chi connectivity index (χ3v) is 3.76. The molecule has 0 saturated carbocycles. The number of aromatic nitrogens is 2. The number of likely N-dealkylation sites (N-methyl/N-ethyl adjacent to an activating group) is 1. The Morgan fingerprint density at radius 1 is 1.15 bits per heavy atom. The molecule has 0 aliphatic carbocycles. The Labute approximate surface area is 122 Å². The molecule has 1 aromatic heterocycles. The molecule has 0 fully saturated rings. The topological polar surface area (TPSA) is 29.9 Å². The predicted molar refractivity (Wildman–Crippen MR) is 83.9 cm³/mol. The second-order valence-electron chi connectivity index (χ2n) is 5.56. The van der Waals surface area contributed by atoms with Gasteiger partial charge >= 0.3 is 0 Å². The van der Waals surface area contributed by atoms with E-state index in [1.165, 1.54) is 11.1 Å². The summed E-state index contributed by atoms with van der Waals surface area (Å²) in [6.45, 7) is 10.5. The maximum Gasteiger partial charge on any atom is 0.105 e. The fourth-order valence-corrected chi connectivity index (χ4v) is 2.44. The van der Waals surface area contributed by atoms with E-state index in [1.54, 1.807) is 0 Å². The van der Waals surface area contributed by atoms with Crippen molar-refractivity contribution in [2.24, 2.45) is 0 Å². The van der Waals surface area contributed by atoms with Crippen molar-refractivity contribution >= 4 is 0 Å². The molecule has 20 heavy (non-hydrogen) atoms. The van der Waals surface area contributed by atoms with Crippen molar-refractivity contribution in [2.75, 3.05) is 6.54 Å². The minimum atomic E-state index is 0.328. The van der Waals surface area contributed by atoms with Crippen molar-refractivity contribution in [3.05, 3.63) is 53.6 Å². The highest BCUT2D eigenvalue weighted by Crippen LogP contribution is 2.20. The van der Waals surface area contributed by atoms with Crippen LogP contribution >= 0.6 is 0 Å². The minimum Gasteiger partial charge on any atom is -0.333 e. The quantitative estimate of drug-likeness (QED) is 0.869. The zero-order valence-electron chi connectivity index (χ0n) is 12.9. The van der Waals surface area contributed by atoms with Crippen LogP contribution in [0.25, 0.3) is 0 Å². The summed E-state index contributed by atoms with van der Waals surface area (Å²) in [6, 6.07) is 9.30. The summed E-state index contributed by atoms with van der Waals surface area (Å²) in [7, 11) is 0. The van der Waals surface area contributed by atoms with Crippen molar-refractivity contribution < 1.29 is 0 Å². The molecule has 1 atom stereocenters. The molecule has 0 spiro atoms. The average molecular weight is 271 g/mol. The summed E-state index contributed by atoms with van der Waals surface area (Å²) in [6.07, 6.45) is 3.91. The van der Waals surface area contributed by atoms with E-state index in [4.69, 9.17) is 0 Å². The number of nitrogens with zero attached hydrogens (tertiary/aromatic N) is 2. The van der Waals surface area contributed by atoms with Crippen molar-refractivity contribution in [1.82, 2.24) is 14.9 Å². The molecule has 1 aromatic carbocycles. The van der Waals surface area contributed by atoms with Gasteiger partial charge in [0.05, 0.1) is 6.04 Å². The monoisotopic (exact) mass is 271 g/mol. The summed E-state index contributed by atoms with van der Waals surface area (Å²) in [5.74, 6) is 1.64. The molecule has 0 aliphatic heterocycles. The summed E-state index contributed by atoms with van der Waals surface area (Å²) < 4.78 is 2.20. The SMILES string of the molecule is CCNC(Cn1ccnc1C)c1ccc(C(C)C)cc1. The van der Waals surface area contributed by atoms with Crippen LogP contribution in [0.3, 0.4) is 0 Å². The van der Waals surface area contributed by atoms with E-state index in [2.05, 4.69) is 59.9 Å². The number of nitrogens with one attached hydrogen (secondary N) is 1. The van der Waals surface area contributed by atoms with Crippen LogP contribution in [0.1, 0.15) is 49.7 Å².